The van der Waals surface area contributed by atoms with Gasteiger partial charge in [-0.05, 0) is 31.2 Å². The van der Waals surface area contributed by atoms with Crippen molar-refractivity contribution in [3.63, 3.8) is 0 Å². The van der Waals surface area contributed by atoms with Crippen LogP contribution in [0.25, 0.3) is 11.5 Å². The van der Waals surface area contributed by atoms with Gasteiger partial charge in [0.25, 0.3) is 0 Å². The number of aryl methyl sites for hydroxylation is 1. The van der Waals surface area contributed by atoms with Gasteiger partial charge >= 0.3 is 5.95 Å². The van der Waals surface area contributed by atoms with Gasteiger partial charge in [0.1, 0.15) is 0 Å². The molecule has 0 saturated carbocycles. The average Bonchev–Trinajstić information content (AvgIpc) is 2.88. The van der Waals surface area contributed by atoms with Crippen molar-refractivity contribution in [3.05, 3.63) is 59.9 Å². The van der Waals surface area contributed by atoms with E-state index < -0.39 is 0 Å². The van der Waals surface area contributed by atoms with Gasteiger partial charge in [-0.25, -0.2) is 15.0 Å². The lowest BCUT2D eigenvalue weighted by Gasteiger charge is -1.95. The summed E-state index contributed by atoms with van der Waals surface area (Å²) in [5.41, 5.74) is 2.22. The van der Waals surface area contributed by atoms with E-state index in [-0.39, 0.29) is 11.6 Å². The Hall–Kier alpha value is -2.95. The van der Waals surface area contributed by atoms with E-state index in [4.69, 9.17) is 4.42 Å². The molecule has 3 aromatic rings. The number of aromatic hydroxyl groups is 1. The van der Waals surface area contributed by atoms with Gasteiger partial charge in [0.05, 0.1) is 6.21 Å². The Labute approximate surface area is 121 Å². The van der Waals surface area contributed by atoms with Gasteiger partial charge in [0, 0.05) is 11.8 Å². The molecule has 1 N–H and O–H groups in total. The van der Waals surface area contributed by atoms with Crippen LogP contribution >= 0.6 is 0 Å². The number of benzene rings is 1. The number of aromatic nitrogens is 2. The van der Waals surface area contributed by atoms with Crippen LogP contribution in [0, 0.1) is 6.92 Å². The van der Waals surface area contributed by atoms with Gasteiger partial charge in [0.2, 0.25) is 5.89 Å². The van der Waals surface area contributed by atoms with Gasteiger partial charge in [-0.2, -0.15) is 0 Å². The summed E-state index contributed by atoms with van der Waals surface area (Å²) in [5.74, 6) is 0.636. The van der Waals surface area contributed by atoms with E-state index in [1.54, 1.807) is 12.3 Å². The lowest BCUT2D eigenvalue weighted by atomic mass is 10.1. The largest absolute Gasteiger partial charge is 0.479 e. The monoisotopic (exact) mass is 279 g/mol. The molecule has 2 heterocycles. The van der Waals surface area contributed by atoms with Gasteiger partial charge in [-0.15, -0.1) is 0 Å². The van der Waals surface area contributed by atoms with Crippen LogP contribution in [-0.4, -0.2) is 21.3 Å². The molecular formula is C16H13N3O2. The fourth-order valence-electron chi connectivity index (χ4n) is 1.78. The molecular weight excluding hydrogens is 266 g/mol. The molecule has 0 saturated heterocycles. The van der Waals surface area contributed by atoms with Crippen molar-refractivity contribution in [1.82, 2.24) is 9.97 Å². The number of hydrogen-bond donors (Lipinski definition) is 1. The minimum absolute atomic E-state index is 0.259. The highest BCUT2D eigenvalue weighted by Gasteiger charge is 2.12. The third-order valence-electron chi connectivity index (χ3n) is 2.90. The predicted molar refractivity (Wildman–Crippen MR) is 79.8 cm³/mol. The average molecular weight is 279 g/mol. The standard InChI is InChI=1S/C16H13N3O2/c1-11-5-7-12(8-6-11)15-19-13(16(20)21-15)10-18-14-4-2-3-9-17-14/h2-10,20H,1H3/b18-10+. The molecule has 0 atom stereocenters. The van der Waals surface area contributed by atoms with Gasteiger partial charge < -0.3 is 9.52 Å². The van der Waals surface area contributed by atoms with Gasteiger partial charge in [-0.3, -0.25) is 0 Å². The van der Waals surface area contributed by atoms with E-state index in [1.807, 2.05) is 43.3 Å². The lowest BCUT2D eigenvalue weighted by Crippen LogP contribution is -1.83. The molecule has 0 bridgehead atoms. The molecule has 1 aromatic carbocycles. The van der Waals surface area contributed by atoms with Gasteiger partial charge in [0.15, 0.2) is 11.5 Å². The molecule has 0 aliphatic rings. The lowest BCUT2D eigenvalue weighted by molar-refractivity contribution is 0.337. The van der Waals surface area contributed by atoms with Gasteiger partial charge in [-0.1, -0.05) is 23.8 Å². The molecule has 104 valence electrons. The Morgan fingerprint density at radius 2 is 1.95 bits per heavy atom. The van der Waals surface area contributed by atoms with Crippen molar-refractivity contribution in [3.8, 4) is 17.4 Å². The minimum Gasteiger partial charge on any atom is -0.479 e. The van der Waals surface area contributed by atoms with Crippen LogP contribution in [0.15, 0.2) is 58.1 Å². The molecule has 0 aliphatic heterocycles. The minimum atomic E-state index is -0.259. The normalized spacial score (nSPS) is 11.1. The molecule has 0 fully saturated rings. The first-order chi connectivity index (χ1) is 10.2. The molecule has 21 heavy (non-hydrogen) atoms. The zero-order valence-corrected chi connectivity index (χ0v) is 11.4. The number of nitrogens with zero attached hydrogens (tertiary/aromatic N) is 3. The van der Waals surface area contributed by atoms with Crippen LogP contribution < -0.4 is 0 Å². The van der Waals surface area contributed by atoms with E-state index in [0.717, 1.165) is 11.1 Å². The zero-order chi connectivity index (χ0) is 14.7. The first-order valence-electron chi connectivity index (χ1n) is 6.44. The molecule has 0 spiro atoms. The Morgan fingerprint density at radius 1 is 1.14 bits per heavy atom. The van der Waals surface area contributed by atoms with Crippen LogP contribution in [-0.2, 0) is 0 Å². The zero-order valence-electron chi connectivity index (χ0n) is 11.4. The summed E-state index contributed by atoms with van der Waals surface area (Å²) in [6, 6.07) is 13.1. The Bertz CT molecular complexity index is 762. The number of aliphatic imine (C=N–C) groups is 1. The maximum atomic E-state index is 9.78. The molecule has 5 nitrogen and oxygen atoms in total. The van der Waals surface area contributed by atoms with E-state index in [0.29, 0.717) is 11.7 Å². The predicted octanol–water partition coefficient (Wildman–Crippen LogP) is 3.50. The van der Waals surface area contributed by atoms with Crippen molar-refractivity contribution in [2.75, 3.05) is 0 Å². The fourth-order valence-corrected chi connectivity index (χ4v) is 1.78. The van der Waals surface area contributed by atoms with Crippen molar-refractivity contribution < 1.29 is 9.52 Å². The highest BCUT2D eigenvalue weighted by atomic mass is 16.5. The SMILES string of the molecule is Cc1ccc(-c2nc(/C=N/c3ccccn3)c(O)o2)cc1. The molecule has 3 rings (SSSR count). The molecule has 0 aliphatic carbocycles. The van der Waals surface area contributed by atoms with Crippen LogP contribution in [0.1, 0.15) is 11.3 Å². The molecule has 0 amide bonds. The number of hydrogen-bond acceptors (Lipinski definition) is 5. The summed E-state index contributed by atoms with van der Waals surface area (Å²) in [6.45, 7) is 2.00. The van der Waals surface area contributed by atoms with Crippen LogP contribution in [0.2, 0.25) is 0 Å². The van der Waals surface area contributed by atoms with Crippen LogP contribution in [0.4, 0.5) is 5.82 Å². The summed E-state index contributed by atoms with van der Waals surface area (Å²) in [4.78, 5) is 12.4. The van der Waals surface area contributed by atoms with E-state index >= 15 is 0 Å². The summed E-state index contributed by atoms with van der Waals surface area (Å²) in [6.07, 6.45) is 3.08. The summed E-state index contributed by atoms with van der Waals surface area (Å²) in [5, 5.41) is 9.78. The fraction of sp³-hybridized carbons (Fsp3) is 0.0625. The topological polar surface area (TPSA) is 71.5 Å². The highest BCUT2D eigenvalue weighted by molar-refractivity contribution is 5.82. The summed E-state index contributed by atoms with van der Waals surface area (Å²) >= 11 is 0. The Morgan fingerprint density at radius 3 is 2.67 bits per heavy atom. The summed E-state index contributed by atoms with van der Waals surface area (Å²) in [7, 11) is 0. The van der Waals surface area contributed by atoms with E-state index in [9.17, 15) is 5.11 Å². The smallest absolute Gasteiger partial charge is 0.312 e. The maximum Gasteiger partial charge on any atom is 0.312 e. The quantitative estimate of drug-likeness (QED) is 0.745. The third kappa shape index (κ3) is 2.97. The molecule has 2 aromatic heterocycles. The van der Waals surface area contributed by atoms with Crippen molar-refractivity contribution in [2.24, 2.45) is 4.99 Å². The molecule has 0 unspecified atom stereocenters. The summed E-state index contributed by atoms with van der Waals surface area (Å²) < 4.78 is 5.26. The molecule has 0 radical (unpaired) electrons. The first kappa shape index (κ1) is 13.1. The van der Waals surface area contributed by atoms with Crippen LogP contribution in [0.3, 0.4) is 0 Å². The van der Waals surface area contributed by atoms with Crippen molar-refractivity contribution in [2.45, 2.75) is 6.92 Å². The second-order valence-electron chi connectivity index (χ2n) is 4.52. The second kappa shape index (κ2) is 5.58. The third-order valence-corrected chi connectivity index (χ3v) is 2.90. The second-order valence-corrected chi connectivity index (χ2v) is 4.52. The number of oxazole rings is 1. The molecule has 5 heteroatoms. The van der Waals surface area contributed by atoms with E-state index in [1.165, 1.54) is 6.21 Å². The Balaban J connectivity index is 1.88. The first-order valence-corrected chi connectivity index (χ1v) is 6.44. The maximum absolute atomic E-state index is 9.78. The number of rotatable bonds is 3. The Kier molecular flexibility index (Phi) is 3.47. The van der Waals surface area contributed by atoms with Crippen molar-refractivity contribution in [1.29, 1.82) is 0 Å². The highest BCUT2D eigenvalue weighted by Crippen LogP contribution is 2.25. The van der Waals surface area contributed by atoms with Crippen molar-refractivity contribution >= 4 is 12.0 Å². The van der Waals surface area contributed by atoms with E-state index in [2.05, 4.69) is 15.0 Å². The van der Waals surface area contributed by atoms with Crippen LogP contribution in [0.5, 0.6) is 5.95 Å². The number of pyridine rings is 1.